The number of hydrogen-bond acceptors (Lipinski definition) is 4. The molecule has 0 bridgehead atoms. The maximum atomic E-state index is 12.1. The van der Waals surface area contributed by atoms with Crippen molar-refractivity contribution >= 4 is 17.7 Å². The smallest absolute Gasteiger partial charge is 0.232 e. The third-order valence-electron chi connectivity index (χ3n) is 3.04. The van der Waals surface area contributed by atoms with E-state index >= 15 is 0 Å². The summed E-state index contributed by atoms with van der Waals surface area (Å²) in [6.07, 6.45) is 3.62. The second-order valence-corrected chi connectivity index (χ2v) is 5.48. The molecule has 0 aliphatic carbocycles. The zero-order chi connectivity index (χ0) is 12.8. The predicted molar refractivity (Wildman–Crippen MR) is 74.4 cm³/mol. The topological polar surface area (TPSA) is 45.2 Å². The Morgan fingerprint density at radius 2 is 2.56 bits per heavy atom. The molecule has 2 heterocycles. The van der Waals surface area contributed by atoms with E-state index in [0.717, 1.165) is 25.4 Å². The number of amides is 1. The van der Waals surface area contributed by atoms with E-state index < -0.39 is 0 Å². The first kappa shape index (κ1) is 13.4. The number of aromatic nitrogens is 1. The summed E-state index contributed by atoms with van der Waals surface area (Å²) in [5.41, 5.74) is 1.17. The van der Waals surface area contributed by atoms with Crippen LogP contribution in [-0.4, -0.2) is 47.2 Å². The highest BCUT2D eigenvalue weighted by Gasteiger charge is 2.22. The Morgan fingerprint density at radius 1 is 1.67 bits per heavy atom. The van der Waals surface area contributed by atoms with E-state index in [1.54, 1.807) is 18.0 Å². The molecule has 1 aliphatic rings. The highest BCUT2D eigenvalue weighted by atomic mass is 32.2. The molecule has 18 heavy (non-hydrogen) atoms. The summed E-state index contributed by atoms with van der Waals surface area (Å²) < 4.78 is 0. The van der Waals surface area contributed by atoms with Gasteiger partial charge in [0.05, 0.1) is 5.75 Å². The van der Waals surface area contributed by atoms with E-state index in [0.29, 0.717) is 11.8 Å². The minimum Gasteiger partial charge on any atom is -0.337 e. The van der Waals surface area contributed by atoms with Crippen molar-refractivity contribution in [1.82, 2.24) is 15.2 Å². The lowest BCUT2D eigenvalue weighted by Crippen LogP contribution is -2.52. The molecule has 1 aromatic heterocycles. The molecular formula is C13H19N3OS. The number of hydrogen-bond donors (Lipinski definition) is 1. The lowest BCUT2D eigenvalue weighted by molar-refractivity contribution is -0.131. The predicted octanol–water partition coefficient (Wildman–Crippen LogP) is 1.14. The summed E-state index contributed by atoms with van der Waals surface area (Å²) in [6, 6.07) is 4.28. The zero-order valence-electron chi connectivity index (χ0n) is 10.6. The summed E-state index contributed by atoms with van der Waals surface area (Å²) in [5.74, 6) is 1.65. The van der Waals surface area contributed by atoms with Gasteiger partial charge in [-0.05, 0) is 18.6 Å². The molecule has 1 aliphatic heterocycles. The monoisotopic (exact) mass is 265 g/mol. The number of nitrogens with zero attached hydrogens (tertiary/aromatic N) is 2. The van der Waals surface area contributed by atoms with Crippen molar-refractivity contribution in [2.24, 2.45) is 0 Å². The minimum atomic E-state index is 0.248. The molecule has 1 aromatic rings. The molecule has 1 fully saturated rings. The first-order chi connectivity index (χ1) is 8.77. The van der Waals surface area contributed by atoms with E-state index in [4.69, 9.17) is 0 Å². The molecule has 0 radical (unpaired) electrons. The third kappa shape index (κ3) is 3.71. The Morgan fingerprint density at radius 3 is 3.28 bits per heavy atom. The molecule has 2 rings (SSSR count). The van der Waals surface area contributed by atoms with Gasteiger partial charge in [0.2, 0.25) is 5.91 Å². The molecule has 0 spiro atoms. The van der Waals surface area contributed by atoms with Crippen LogP contribution in [0, 0.1) is 0 Å². The average Bonchev–Trinajstić information content (AvgIpc) is 2.40. The number of rotatable bonds is 4. The van der Waals surface area contributed by atoms with E-state index in [1.807, 2.05) is 23.2 Å². The van der Waals surface area contributed by atoms with Gasteiger partial charge in [0.1, 0.15) is 0 Å². The van der Waals surface area contributed by atoms with Crippen LogP contribution in [0.4, 0.5) is 0 Å². The van der Waals surface area contributed by atoms with Gasteiger partial charge in [-0.3, -0.25) is 9.78 Å². The van der Waals surface area contributed by atoms with Crippen LogP contribution in [0.1, 0.15) is 12.5 Å². The Kier molecular flexibility index (Phi) is 5.01. The van der Waals surface area contributed by atoms with Crippen LogP contribution in [0.5, 0.6) is 0 Å². The molecule has 0 unspecified atom stereocenters. The molecule has 4 nitrogen and oxygen atoms in total. The number of pyridine rings is 1. The number of carbonyl (C=O) groups excluding carboxylic acids is 1. The van der Waals surface area contributed by atoms with Crippen molar-refractivity contribution in [3.8, 4) is 0 Å². The van der Waals surface area contributed by atoms with Crippen molar-refractivity contribution in [3.05, 3.63) is 30.1 Å². The molecule has 5 heteroatoms. The van der Waals surface area contributed by atoms with E-state index in [9.17, 15) is 4.79 Å². The van der Waals surface area contributed by atoms with Crippen LogP contribution in [0.25, 0.3) is 0 Å². The summed E-state index contributed by atoms with van der Waals surface area (Å²) in [4.78, 5) is 18.1. The summed E-state index contributed by atoms with van der Waals surface area (Å²) >= 11 is 1.66. The zero-order valence-corrected chi connectivity index (χ0v) is 11.4. The van der Waals surface area contributed by atoms with Crippen molar-refractivity contribution in [3.63, 3.8) is 0 Å². The lowest BCUT2D eigenvalue weighted by Gasteiger charge is -2.33. The first-order valence-electron chi connectivity index (χ1n) is 6.24. The molecule has 98 valence electrons. The summed E-state index contributed by atoms with van der Waals surface area (Å²) in [7, 11) is 0. The van der Waals surface area contributed by atoms with Gasteiger partial charge < -0.3 is 10.2 Å². The molecule has 1 saturated heterocycles. The quantitative estimate of drug-likeness (QED) is 0.886. The van der Waals surface area contributed by atoms with Gasteiger partial charge in [0.15, 0.2) is 0 Å². The van der Waals surface area contributed by atoms with Gasteiger partial charge in [-0.2, -0.15) is 0 Å². The molecule has 1 N–H and O–H groups in total. The van der Waals surface area contributed by atoms with Crippen LogP contribution in [0.2, 0.25) is 0 Å². The van der Waals surface area contributed by atoms with E-state index in [-0.39, 0.29) is 5.91 Å². The van der Waals surface area contributed by atoms with Gasteiger partial charge in [0, 0.05) is 43.8 Å². The Balaban J connectivity index is 1.74. The second kappa shape index (κ2) is 6.75. The highest BCUT2D eigenvalue weighted by Crippen LogP contribution is 2.13. The van der Waals surface area contributed by atoms with Crippen LogP contribution in [0.3, 0.4) is 0 Å². The second-order valence-electron chi connectivity index (χ2n) is 4.49. The lowest BCUT2D eigenvalue weighted by atomic mass is 10.2. The Labute approximate surface area is 112 Å². The maximum absolute atomic E-state index is 12.1. The highest BCUT2D eigenvalue weighted by molar-refractivity contribution is 7.99. The fraction of sp³-hybridized carbons (Fsp3) is 0.538. The fourth-order valence-electron chi connectivity index (χ4n) is 2.03. The molecular weight excluding hydrogens is 246 g/mol. The van der Waals surface area contributed by atoms with Crippen LogP contribution < -0.4 is 5.32 Å². The fourth-order valence-corrected chi connectivity index (χ4v) is 2.88. The van der Waals surface area contributed by atoms with E-state index in [1.165, 1.54) is 5.56 Å². The van der Waals surface area contributed by atoms with Gasteiger partial charge in [-0.15, -0.1) is 11.8 Å². The molecule has 1 amide bonds. The summed E-state index contributed by atoms with van der Waals surface area (Å²) in [5, 5.41) is 3.29. The van der Waals surface area contributed by atoms with E-state index in [2.05, 4.69) is 17.2 Å². The Hall–Kier alpha value is -1.07. The van der Waals surface area contributed by atoms with Crippen molar-refractivity contribution in [2.75, 3.05) is 25.4 Å². The number of nitrogens with one attached hydrogen (secondary N) is 1. The number of thioether (sulfide) groups is 1. The first-order valence-corrected chi connectivity index (χ1v) is 7.39. The SMILES string of the molecule is C[C@@H]1CNCCN1C(=O)CSCc1cccnc1. The summed E-state index contributed by atoms with van der Waals surface area (Å²) in [6.45, 7) is 4.73. The maximum Gasteiger partial charge on any atom is 0.232 e. The van der Waals surface area contributed by atoms with Crippen molar-refractivity contribution in [1.29, 1.82) is 0 Å². The normalized spacial score (nSPS) is 19.8. The minimum absolute atomic E-state index is 0.248. The molecule has 1 atom stereocenters. The number of carbonyl (C=O) groups is 1. The standard InChI is InChI=1S/C13H19N3OS/c1-11-7-15-5-6-16(11)13(17)10-18-9-12-3-2-4-14-8-12/h2-4,8,11,15H,5-7,9-10H2,1H3/t11-/m1/s1. The van der Waals surface area contributed by atoms with Gasteiger partial charge in [-0.25, -0.2) is 0 Å². The van der Waals surface area contributed by atoms with Gasteiger partial charge >= 0.3 is 0 Å². The average molecular weight is 265 g/mol. The number of piperazine rings is 1. The van der Waals surface area contributed by atoms with Crippen molar-refractivity contribution in [2.45, 2.75) is 18.7 Å². The largest absolute Gasteiger partial charge is 0.337 e. The van der Waals surface area contributed by atoms with Crippen molar-refractivity contribution < 1.29 is 4.79 Å². The van der Waals surface area contributed by atoms with Gasteiger partial charge in [0.25, 0.3) is 0 Å². The van der Waals surface area contributed by atoms with Crippen LogP contribution in [0.15, 0.2) is 24.5 Å². The third-order valence-corrected chi connectivity index (χ3v) is 4.03. The van der Waals surface area contributed by atoms with Gasteiger partial charge in [-0.1, -0.05) is 6.07 Å². The van der Waals surface area contributed by atoms with Crippen LogP contribution >= 0.6 is 11.8 Å². The molecule has 0 saturated carbocycles. The van der Waals surface area contributed by atoms with Crippen LogP contribution in [-0.2, 0) is 10.5 Å². The molecule has 0 aromatic carbocycles. The Bertz CT molecular complexity index is 385.